The van der Waals surface area contributed by atoms with Crippen molar-refractivity contribution in [3.8, 4) is 0 Å². The number of piperazine rings is 1. The number of benzene rings is 1. The van der Waals surface area contributed by atoms with Crippen molar-refractivity contribution in [3.63, 3.8) is 0 Å². The Morgan fingerprint density at radius 3 is 2.52 bits per heavy atom. The Bertz CT molecular complexity index is 621. The summed E-state index contributed by atoms with van der Waals surface area (Å²) in [6.07, 6.45) is 2.31. The molecule has 0 saturated carbocycles. The average molecular weight is 286 g/mol. The topological polar surface area (TPSA) is 37.4 Å². The van der Waals surface area contributed by atoms with Gasteiger partial charge in [0.25, 0.3) is 0 Å². The summed E-state index contributed by atoms with van der Waals surface area (Å²) in [6.45, 7) is 10.1. The third kappa shape index (κ3) is 2.92. The molecule has 4 nitrogen and oxygen atoms in total. The number of nitrogen functional groups attached to an aromatic ring is 1. The van der Waals surface area contributed by atoms with Crippen molar-refractivity contribution in [2.75, 3.05) is 39.0 Å². The minimum absolute atomic E-state index is 0.470. The minimum Gasteiger partial charge on any atom is -0.399 e. The Kier molecular flexibility index (Phi) is 3.91. The Hall–Kier alpha value is -1.52. The summed E-state index contributed by atoms with van der Waals surface area (Å²) in [7, 11) is 2.20. The number of fused-ring (bicyclic) bond motifs is 1. The number of aromatic nitrogens is 1. The van der Waals surface area contributed by atoms with Crippen LogP contribution in [-0.2, 0) is 6.54 Å². The van der Waals surface area contributed by atoms with Crippen LogP contribution in [0.3, 0.4) is 0 Å². The SMILES string of the molecule is CC(C)n1cc(CN2CCN(C)CC2)c2cc(N)ccc21. The molecule has 0 spiro atoms. The van der Waals surface area contributed by atoms with Crippen LogP contribution in [0.5, 0.6) is 0 Å². The van der Waals surface area contributed by atoms with Gasteiger partial charge in [-0.25, -0.2) is 0 Å². The summed E-state index contributed by atoms with van der Waals surface area (Å²) in [5.41, 5.74) is 9.54. The Morgan fingerprint density at radius 2 is 1.86 bits per heavy atom. The summed E-state index contributed by atoms with van der Waals surface area (Å²) in [4.78, 5) is 4.94. The molecule has 3 rings (SSSR count). The van der Waals surface area contributed by atoms with Crippen LogP contribution in [0.1, 0.15) is 25.5 Å². The first-order valence-electron chi connectivity index (χ1n) is 7.84. The second-order valence-corrected chi connectivity index (χ2v) is 6.51. The molecule has 0 unspecified atom stereocenters. The second kappa shape index (κ2) is 5.70. The highest BCUT2D eigenvalue weighted by Crippen LogP contribution is 2.27. The van der Waals surface area contributed by atoms with Crippen molar-refractivity contribution in [2.45, 2.75) is 26.4 Å². The first kappa shape index (κ1) is 14.4. The van der Waals surface area contributed by atoms with Gasteiger partial charge in [0.05, 0.1) is 0 Å². The molecule has 2 N–H and O–H groups in total. The van der Waals surface area contributed by atoms with Gasteiger partial charge in [-0.15, -0.1) is 0 Å². The highest BCUT2D eigenvalue weighted by atomic mass is 15.2. The lowest BCUT2D eigenvalue weighted by Gasteiger charge is -2.32. The van der Waals surface area contributed by atoms with Gasteiger partial charge in [-0.1, -0.05) is 0 Å². The lowest BCUT2D eigenvalue weighted by molar-refractivity contribution is 0.148. The monoisotopic (exact) mass is 286 g/mol. The average Bonchev–Trinajstić information content (AvgIpc) is 2.80. The number of hydrogen-bond acceptors (Lipinski definition) is 3. The normalized spacial score (nSPS) is 17.9. The van der Waals surface area contributed by atoms with Crippen LogP contribution in [0.4, 0.5) is 5.69 Å². The molecular formula is C17H26N4. The molecule has 1 aliphatic heterocycles. The predicted octanol–water partition coefficient (Wildman–Crippen LogP) is 2.55. The van der Waals surface area contributed by atoms with Crippen LogP contribution in [0.2, 0.25) is 0 Å². The smallest absolute Gasteiger partial charge is 0.0487 e. The van der Waals surface area contributed by atoms with Crippen LogP contribution in [0.15, 0.2) is 24.4 Å². The van der Waals surface area contributed by atoms with Gasteiger partial charge in [-0.3, -0.25) is 4.90 Å². The molecule has 0 bridgehead atoms. The van der Waals surface area contributed by atoms with Crippen molar-refractivity contribution >= 4 is 16.6 Å². The largest absolute Gasteiger partial charge is 0.399 e. The molecule has 1 aliphatic rings. The van der Waals surface area contributed by atoms with Gasteiger partial charge in [0.2, 0.25) is 0 Å². The van der Waals surface area contributed by atoms with E-state index < -0.39 is 0 Å². The molecule has 1 aromatic carbocycles. The molecule has 1 saturated heterocycles. The van der Waals surface area contributed by atoms with E-state index in [0.717, 1.165) is 38.4 Å². The van der Waals surface area contributed by atoms with Crippen molar-refractivity contribution in [1.29, 1.82) is 0 Å². The standard InChI is InChI=1S/C17H26N4/c1-13(2)21-12-14(11-20-8-6-19(3)7-9-20)16-10-15(18)4-5-17(16)21/h4-5,10,12-13H,6-9,11,18H2,1-3H3. The van der Waals surface area contributed by atoms with Crippen molar-refractivity contribution in [2.24, 2.45) is 0 Å². The van der Waals surface area contributed by atoms with E-state index in [1.54, 1.807) is 0 Å². The number of nitrogens with zero attached hydrogens (tertiary/aromatic N) is 3. The molecule has 21 heavy (non-hydrogen) atoms. The van der Waals surface area contributed by atoms with Crippen LogP contribution in [0.25, 0.3) is 10.9 Å². The molecule has 0 radical (unpaired) electrons. The van der Waals surface area contributed by atoms with E-state index in [0.29, 0.717) is 6.04 Å². The summed E-state index contributed by atoms with van der Waals surface area (Å²) in [6, 6.07) is 6.75. The van der Waals surface area contributed by atoms with E-state index in [2.05, 4.69) is 53.6 Å². The highest BCUT2D eigenvalue weighted by Gasteiger charge is 2.17. The Balaban J connectivity index is 1.92. The van der Waals surface area contributed by atoms with E-state index >= 15 is 0 Å². The number of nitrogens with two attached hydrogens (primary N) is 1. The number of likely N-dealkylation sites (N-methyl/N-ethyl adjacent to an activating group) is 1. The van der Waals surface area contributed by atoms with E-state index in [9.17, 15) is 0 Å². The zero-order valence-corrected chi connectivity index (χ0v) is 13.3. The Labute approximate surface area is 127 Å². The fourth-order valence-electron chi connectivity index (χ4n) is 3.14. The zero-order valence-electron chi connectivity index (χ0n) is 13.3. The first-order chi connectivity index (χ1) is 10.0. The van der Waals surface area contributed by atoms with Crippen LogP contribution < -0.4 is 5.73 Å². The van der Waals surface area contributed by atoms with Gasteiger partial charge in [-0.2, -0.15) is 0 Å². The second-order valence-electron chi connectivity index (χ2n) is 6.51. The van der Waals surface area contributed by atoms with E-state index in [1.165, 1.54) is 16.5 Å². The molecule has 2 aromatic rings. The van der Waals surface area contributed by atoms with Crippen molar-refractivity contribution in [1.82, 2.24) is 14.4 Å². The summed E-state index contributed by atoms with van der Waals surface area (Å²) in [5, 5.41) is 1.31. The number of anilines is 1. The van der Waals surface area contributed by atoms with Crippen LogP contribution in [0, 0.1) is 0 Å². The van der Waals surface area contributed by atoms with Gasteiger partial charge in [0.15, 0.2) is 0 Å². The van der Waals surface area contributed by atoms with Gasteiger partial charge in [0, 0.05) is 61.6 Å². The Morgan fingerprint density at radius 1 is 1.14 bits per heavy atom. The fourth-order valence-corrected chi connectivity index (χ4v) is 3.14. The van der Waals surface area contributed by atoms with Gasteiger partial charge < -0.3 is 15.2 Å². The third-order valence-electron chi connectivity index (χ3n) is 4.49. The summed E-state index contributed by atoms with van der Waals surface area (Å²) in [5.74, 6) is 0. The minimum atomic E-state index is 0.470. The molecule has 0 atom stereocenters. The zero-order chi connectivity index (χ0) is 15.0. The van der Waals surface area contributed by atoms with E-state index in [4.69, 9.17) is 5.73 Å². The molecule has 1 fully saturated rings. The molecule has 114 valence electrons. The van der Waals surface area contributed by atoms with Gasteiger partial charge in [0.1, 0.15) is 0 Å². The maximum atomic E-state index is 6.00. The first-order valence-corrected chi connectivity index (χ1v) is 7.84. The summed E-state index contributed by atoms with van der Waals surface area (Å²) >= 11 is 0. The molecular weight excluding hydrogens is 260 g/mol. The summed E-state index contributed by atoms with van der Waals surface area (Å²) < 4.78 is 2.36. The molecule has 0 amide bonds. The van der Waals surface area contributed by atoms with Gasteiger partial charge in [-0.05, 0) is 44.7 Å². The van der Waals surface area contributed by atoms with Crippen molar-refractivity contribution in [3.05, 3.63) is 30.0 Å². The quantitative estimate of drug-likeness (QED) is 0.881. The van der Waals surface area contributed by atoms with Gasteiger partial charge >= 0.3 is 0 Å². The van der Waals surface area contributed by atoms with Crippen molar-refractivity contribution < 1.29 is 0 Å². The maximum Gasteiger partial charge on any atom is 0.0487 e. The number of rotatable bonds is 3. The highest BCUT2D eigenvalue weighted by molar-refractivity contribution is 5.87. The molecule has 2 heterocycles. The maximum absolute atomic E-state index is 6.00. The third-order valence-corrected chi connectivity index (χ3v) is 4.49. The fraction of sp³-hybridized carbons (Fsp3) is 0.529. The number of hydrogen-bond donors (Lipinski definition) is 1. The molecule has 4 heteroatoms. The lowest BCUT2D eigenvalue weighted by atomic mass is 10.1. The van der Waals surface area contributed by atoms with E-state index in [-0.39, 0.29) is 0 Å². The predicted molar refractivity (Wildman–Crippen MR) is 89.5 cm³/mol. The lowest BCUT2D eigenvalue weighted by Crippen LogP contribution is -2.43. The van der Waals surface area contributed by atoms with Crippen LogP contribution in [-0.4, -0.2) is 47.6 Å². The molecule has 1 aromatic heterocycles. The van der Waals surface area contributed by atoms with E-state index in [1.807, 2.05) is 6.07 Å². The van der Waals surface area contributed by atoms with Crippen LogP contribution >= 0.6 is 0 Å². The molecule has 0 aliphatic carbocycles.